The van der Waals surface area contributed by atoms with Crippen LogP contribution >= 0.6 is 35.3 Å². The largest absolute Gasteiger partial charge is 0.312 e. The zero-order valence-electron chi connectivity index (χ0n) is 6.63. The van der Waals surface area contributed by atoms with E-state index < -0.39 is 0 Å². The molecule has 1 N–H and O–H groups in total. The van der Waals surface area contributed by atoms with Crippen molar-refractivity contribution in [2.75, 3.05) is 7.05 Å². The molecule has 0 bridgehead atoms. The van der Waals surface area contributed by atoms with Gasteiger partial charge in [-0.2, -0.15) is 0 Å². The lowest BCUT2D eigenvalue weighted by Crippen LogP contribution is -2.11. The summed E-state index contributed by atoms with van der Waals surface area (Å²) < 4.78 is 0.676. The van der Waals surface area contributed by atoms with Crippen LogP contribution in [0.15, 0.2) is 0 Å². The first-order chi connectivity index (χ1) is 5.31. The average molecular weight is 225 g/mol. The van der Waals surface area contributed by atoms with Crippen LogP contribution in [-0.4, -0.2) is 12.0 Å². The predicted molar refractivity (Wildman–Crippen MR) is 54.5 cm³/mol. The molecule has 12 heavy (non-hydrogen) atoms. The van der Waals surface area contributed by atoms with E-state index in [1.54, 1.807) is 11.3 Å². The molecule has 0 amide bonds. The topological polar surface area (TPSA) is 24.9 Å². The lowest BCUT2D eigenvalue weighted by atomic mass is 10.3. The highest BCUT2D eigenvalue weighted by Crippen LogP contribution is 2.36. The van der Waals surface area contributed by atoms with Crippen molar-refractivity contribution in [1.82, 2.24) is 10.3 Å². The van der Waals surface area contributed by atoms with E-state index in [2.05, 4.69) is 10.3 Å². The minimum absolute atomic E-state index is 0. The molecule has 0 aromatic carbocycles. The molecular weight excluding hydrogens is 215 g/mol. The van der Waals surface area contributed by atoms with E-state index in [1.165, 1.54) is 17.0 Å². The molecule has 0 saturated heterocycles. The molecule has 2 rings (SSSR count). The van der Waals surface area contributed by atoms with Gasteiger partial charge in [0, 0.05) is 10.9 Å². The fourth-order valence-corrected chi connectivity index (χ4v) is 2.80. The Hall–Kier alpha value is 0.170. The summed E-state index contributed by atoms with van der Waals surface area (Å²) in [5.74, 6) is 0. The van der Waals surface area contributed by atoms with Crippen molar-refractivity contribution < 1.29 is 0 Å². The summed E-state index contributed by atoms with van der Waals surface area (Å²) in [6, 6.07) is 0.495. The minimum atomic E-state index is 0. The molecule has 68 valence electrons. The Balaban J connectivity index is 0.000000720. The van der Waals surface area contributed by atoms with Gasteiger partial charge in [0.1, 0.15) is 0 Å². The van der Waals surface area contributed by atoms with E-state index >= 15 is 0 Å². The van der Waals surface area contributed by atoms with Crippen molar-refractivity contribution in [3.8, 4) is 0 Å². The molecule has 0 radical (unpaired) electrons. The average Bonchev–Trinajstić information content (AvgIpc) is 2.45. The Morgan fingerprint density at radius 2 is 2.42 bits per heavy atom. The number of thiazole rings is 1. The lowest BCUT2D eigenvalue weighted by Gasteiger charge is -2.04. The third kappa shape index (κ3) is 1.59. The third-order valence-corrected chi connectivity index (χ3v) is 3.35. The summed E-state index contributed by atoms with van der Waals surface area (Å²) in [7, 11) is 1.98. The number of nitrogens with one attached hydrogen (secondary N) is 1. The summed E-state index contributed by atoms with van der Waals surface area (Å²) in [5.41, 5.74) is 1.19. The molecule has 1 aliphatic rings. The van der Waals surface area contributed by atoms with Crippen LogP contribution < -0.4 is 5.32 Å². The monoisotopic (exact) mass is 224 g/mol. The Bertz CT molecular complexity index is 274. The fourth-order valence-electron chi connectivity index (χ4n) is 1.47. The van der Waals surface area contributed by atoms with Crippen LogP contribution in [0.5, 0.6) is 0 Å². The quantitative estimate of drug-likeness (QED) is 0.793. The number of fused-ring (bicyclic) bond motifs is 1. The van der Waals surface area contributed by atoms with Gasteiger partial charge in [-0.1, -0.05) is 11.6 Å². The highest BCUT2D eigenvalue weighted by molar-refractivity contribution is 7.16. The number of rotatable bonds is 1. The van der Waals surface area contributed by atoms with Gasteiger partial charge in [0.05, 0.1) is 5.69 Å². The summed E-state index contributed by atoms with van der Waals surface area (Å²) in [4.78, 5) is 5.56. The van der Waals surface area contributed by atoms with Crippen LogP contribution in [0, 0.1) is 0 Å². The van der Waals surface area contributed by atoms with Gasteiger partial charge in [0.25, 0.3) is 0 Å². The highest BCUT2D eigenvalue weighted by atomic mass is 35.5. The number of nitrogens with zero attached hydrogens (tertiary/aromatic N) is 1. The maximum atomic E-state index is 5.78. The van der Waals surface area contributed by atoms with E-state index in [9.17, 15) is 0 Å². The molecule has 1 heterocycles. The maximum Gasteiger partial charge on any atom is 0.184 e. The minimum Gasteiger partial charge on any atom is -0.312 e. The standard InChI is InChI=1S/C7H9ClN2S.ClH/c1-9-4-2-3-5-6(4)11-7(8)10-5;/h4,9H,2-3H2,1H3;1H. The molecule has 1 unspecified atom stereocenters. The van der Waals surface area contributed by atoms with Crippen LogP contribution in [0.25, 0.3) is 0 Å². The van der Waals surface area contributed by atoms with Crippen molar-refractivity contribution in [2.24, 2.45) is 0 Å². The number of halogens is 2. The Kier molecular flexibility index (Phi) is 3.35. The van der Waals surface area contributed by atoms with E-state index in [0.717, 1.165) is 6.42 Å². The molecule has 1 atom stereocenters. The lowest BCUT2D eigenvalue weighted by molar-refractivity contribution is 0.596. The Morgan fingerprint density at radius 1 is 1.67 bits per heavy atom. The van der Waals surface area contributed by atoms with Gasteiger partial charge in [0.2, 0.25) is 0 Å². The van der Waals surface area contributed by atoms with Crippen LogP contribution in [0.4, 0.5) is 0 Å². The van der Waals surface area contributed by atoms with Crippen molar-refractivity contribution in [3.63, 3.8) is 0 Å². The van der Waals surface area contributed by atoms with Gasteiger partial charge in [-0.3, -0.25) is 0 Å². The second-order valence-corrected chi connectivity index (χ2v) is 4.27. The van der Waals surface area contributed by atoms with Crippen molar-refractivity contribution in [3.05, 3.63) is 15.0 Å². The molecule has 0 fully saturated rings. The predicted octanol–water partition coefficient (Wildman–Crippen LogP) is 2.43. The maximum absolute atomic E-state index is 5.78. The molecule has 0 spiro atoms. The summed E-state index contributed by atoms with van der Waals surface area (Å²) in [6.45, 7) is 0. The summed E-state index contributed by atoms with van der Waals surface area (Å²) >= 11 is 7.38. The summed E-state index contributed by atoms with van der Waals surface area (Å²) in [6.07, 6.45) is 2.24. The first-order valence-electron chi connectivity index (χ1n) is 3.63. The van der Waals surface area contributed by atoms with Crippen molar-refractivity contribution in [1.29, 1.82) is 0 Å². The van der Waals surface area contributed by atoms with Crippen LogP contribution in [-0.2, 0) is 6.42 Å². The highest BCUT2D eigenvalue weighted by Gasteiger charge is 2.24. The summed E-state index contributed by atoms with van der Waals surface area (Å²) in [5, 5.41) is 3.25. The molecule has 2 nitrogen and oxygen atoms in total. The Morgan fingerprint density at radius 3 is 3.08 bits per heavy atom. The second-order valence-electron chi connectivity index (χ2n) is 2.66. The van der Waals surface area contributed by atoms with Gasteiger partial charge in [-0.05, 0) is 19.9 Å². The number of hydrogen-bond donors (Lipinski definition) is 1. The van der Waals surface area contributed by atoms with E-state index in [-0.39, 0.29) is 12.4 Å². The third-order valence-electron chi connectivity index (χ3n) is 2.04. The fraction of sp³-hybridized carbons (Fsp3) is 0.571. The number of aryl methyl sites for hydroxylation is 1. The molecule has 0 aliphatic heterocycles. The Labute approximate surface area is 86.8 Å². The van der Waals surface area contributed by atoms with Gasteiger partial charge < -0.3 is 5.32 Å². The van der Waals surface area contributed by atoms with E-state index in [4.69, 9.17) is 11.6 Å². The van der Waals surface area contributed by atoms with Gasteiger partial charge in [-0.15, -0.1) is 23.7 Å². The smallest absolute Gasteiger partial charge is 0.184 e. The molecule has 0 saturated carbocycles. The second kappa shape index (κ2) is 3.92. The SMILES string of the molecule is CNC1CCc2nc(Cl)sc21.Cl. The van der Waals surface area contributed by atoms with Crippen LogP contribution in [0.1, 0.15) is 23.0 Å². The van der Waals surface area contributed by atoms with Crippen molar-refractivity contribution >= 4 is 35.3 Å². The molecule has 1 aromatic heterocycles. The zero-order valence-corrected chi connectivity index (χ0v) is 9.02. The number of hydrogen-bond acceptors (Lipinski definition) is 3. The van der Waals surface area contributed by atoms with Crippen LogP contribution in [0.3, 0.4) is 0 Å². The normalized spacial score (nSPS) is 20.3. The first-order valence-corrected chi connectivity index (χ1v) is 4.83. The molecule has 1 aromatic rings. The van der Waals surface area contributed by atoms with Gasteiger partial charge >= 0.3 is 0 Å². The molecule has 1 aliphatic carbocycles. The van der Waals surface area contributed by atoms with E-state index in [1.807, 2.05) is 7.05 Å². The zero-order chi connectivity index (χ0) is 7.84. The molecule has 5 heteroatoms. The van der Waals surface area contributed by atoms with E-state index in [0.29, 0.717) is 10.5 Å². The van der Waals surface area contributed by atoms with Gasteiger partial charge in [0.15, 0.2) is 4.47 Å². The van der Waals surface area contributed by atoms with Gasteiger partial charge in [-0.25, -0.2) is 4.98 Å². The van der Waals surface area contributed by atoms with Crippen LogP contribution in [0.2, 0.25) is 4.47 Å². The first kappa shape index (κ1) is 10.3. The molecular formula is C7H10Cl2N2S. The number of aromatic nitrogens is 1. The van der Waals surface area contributed by atoms with Crippen molar-refractivity contribution in [2.45, 2.75) is 18.9 Å².